The van der Waals surface area contributed by atoms with Crippen molar-refractivity contribution in [2.45, 2.75) is 20.0 Å². The Hall–Kier alpha value is -0.990. The van der Waals surface area contributed by atoms with Gasteiger partial charge in [0.05, 0.1) is 5.57 Å². The molecule has 0 aliphatic carbocycles. The highest BCUT2D eigenvalue weighted by atomic mass is 19.4. The molecular weight excluding hydrogens is 165 g/mol. The number of halogens is 3. The molecule has 0 fully saturated rings. The number of hydrogen-bond acceptors (Lipinski definition) is 0. The van der Waals surface area contributed by atoms with Crippen LogP contribution in [0.5, 0.6) is 0 Å². The Balaban J connectivity index is 4.67. The van der Waals surface area contributed by atoms with Crippen molar-refractivity contribution in [2.24, 2.45) is 0 Å². The van der Waals surface area contributed by atoms with E-state index < -0.39 is 11.7 Å². The molecule has 0 nitrogen and oxygen atoms in total. The van der Waals surface area contributed by atoms with Crippen LogP contribution in [0.25, 0.3) is 0 Å². The van der Waals surface area contributed by atoms with E-state index >= 15 is 0 Å². The van der Waals surface area contributed by atoms with Crippen molar-refractivity contribution in [2.75, 3.05) is 0 Å². The van der Waals surface area contributed by atoms with Gasteiger partial charge in [0.1, 0.15) is 0 Å². The molecule has 0 N–H and O–H groups in total. The molecule has 0 rings (SSSR count). The minimum absolute atomic E-state index is 0.636. The fraction of sp³-hybridized carbons (Fsp3) is 0.333. The average Bonchev–Trinajstić information content (AvgIpc) is 1.95. The highest BCUT2D eigenvalue weighted by Gasteiger charge is 2.30. The first-order valence-corrected chi connectivity index (χ1v) is 3.55. The van der Waals surface area contributed by atoms with Crippen LogP contribution in [-0.2, 0) is 0 Å². The third-order valence-corrected chi connectivity index (χ3v) is 1.14. The molecule has 0 spiro atoms. The third-order valence-electron chi connectivity index (χ3n) is 1.14. The maximum atomic E-state index is 12.1. The minimum atomic E-state index is -4.26. The van der Waals surface area contributed by atoms with Gasteiger partial charge in [0, 0.05) is 0 Å². The fourth-order valence-electron chi connectivity index (χ4n) is 0.624. The molecule has 0 amide bonds. The second-order valence-electron chi connectivity index (χ2n) is 2.15. The first kappa shape index (κ1) is 11.0. The van der Waals surface area contributed by atoms with Gasteiger partial charge in [-0.25, -0.2) is 0 Å². The normalized spacial score (nSPS) is 14.9. The lowest BCUT2D eigenvalue weighted by Crippen LogP contribution is -2.09. The number of allylic oxidation sites excluding steroid dienone is 6. The van der Waals surface area contributed by atoms with Gasteiger partial charge in [-0.2, -0.15) is 13.2 Å². The zero-order chi connectivity index (χ0) is 9.61. The minimum Gasteiger partial charge on any atom is -0.166 e. The van der Waals surface area contributed by atoms with Crippen molar-refractivity contribution in [3.05, 3.63) is 36.0 Å². The SMILES string of the molecule is C\C=C/C=C(\C=C\C)C(F)(F)F. The van der Waals surface area contributed by atoms with Gasteiger partial charge in [0.15, 0.2) is 0 Å². The predicted octanol–water partition coefficient (Wildman–Crippen LogP) is 3.63. The maximum absolute atomic E-state index is 12.1. The van der Waals surface area contributed by atoms with Gasteiger partial charge in [0.25, 0.3) is 0 Å². The molecule has 0 atom stereocenters. The van der Waals surface area contributed by atoms with E-state index in [4.69, 9.17) is 0 Å². The van der Waals surface area contributed by atoms with Crippen molar-refractivity contribution >= 4 is 0 Å². The van der Waals surface area contributed by atoms with Crippen LogP contribution in [0.15, 0.2) is 36.0 Å². The van der Waals surface area contributed by atoms with Gasteiger partial charge in [-0.3, -0.25) is 0 Å². The van der Waals surface area contributed by atoms with Crippen molar-refractivity contribution in [1.82, 2.24) is 0 Å². The summed E-state index contributed by atoms with van der Waals surface area (Å²) in [5.41, 5.74) is -0.636. The zero-order valence-corrected chi connectivity index (χ0v) is 7.02. The summed E-state index contributed by atoms with van der Waals surface area (Å²) >= 11 is 0. The number of rotatable bonds is 2. The second-order valence-corrected chi connectivity index (χ2v) is 2.15. The van der Waals surface area contributed by atoms with E-state index in [1.54, 1.807) is 19.9 Å². The lowest BCUT2D eigenvalue weighted by molar-refractivity contribution is -0.0881. The summed E-state index contributed by atoms with van der Waals surface area (Å²) in [6.45, 7) is 3.22. The Bertz CT molecular complexity index is 206. The largest absolute Gasteiger partial charge is 0.416 e. The van der Waals surface area contributed by atoms with Gasteiger partial charge in [0.2, 0.25) is 0 Å². The van der Waals surface area contributed by atoms with Crippen molar-refractivity contribution in [1.29, 1.82) is 0 Å². The first-order valence-electron chi connectivity index (χ1n) is 3.55. The van der Waals surface area contributed by atoms with Gasteiger partial charge in [-0.1, -0.05) is 30.4 Å². The van der Waals surface area contributed by atoms with E-state index in [2.05, 4.69) is 0 Å². The van der Waals surface area contributed by atoms with Crippen LogP contribution in [0.1, 0.15) is 13.8 Å². The molecule has 0 aromatic carbocycles. The Morgan fingerprint density at radius 2 is 1.67 bits per heavy atom. The number of alkyl halides is 3. The Morgan fingerprint density at radius 1 is 1.08 bits per heavy atom. The summed E-state index contributed by atoms with van der Waals surface area (Å²) in [6.07, 6.45) is 2.10. The van der Waals surface area contributed by atoms with Crippen LogP contribution < -0.4 is 0 Å². The standard InChI is InChI=1S/C9H11F3/c1-3-5-7-8(6-4-2)9(10,11)12/h3-7H,1-2H3/b5-3-,6-4+,8-7+. The molecule has 0 radical (unpaired) electrons. The summed E-state index contributed by atoms with van der Waals surface area (Å²) < 4.78 is 36.2. The molecule has 0 unspecified atom stereocenters. The van der Waals surface area contributed by atoms with Crippen LogP contribution in [0, 0.1) is 0 Å². The molecule has 0 aliphatic rings. The third kappa shape index (κ3) is 4.01. The van der Waals surface area contributed by atoms with E-state index in [-0.39, 0.29) is 0 Å². The van der Waals surface area contributed by atoms with Gasteiger partial charge in [-0.05, 0) is 13.8 Å². The molecule has 0 aliphatic heterocycles. The van der Waals surface area contributed by atoms with E-state index in [1.807, 2.05) is 0 Å². The highest BCUT2D eigenvalue weighted by Crippen LogP contribution is 2.26. The second kappa shape index (κ2) is 4.80. The summed E-state index contributed by atoms with van der Waals surface area (Å²) in [6, 6.07) is 0. The first-order chi connectivity index (χ1) is 5.52. The van der Waals surface area contributed by atoms with Crippen LogP contribution in [-0.4, -0.2) is 6.18 Å². The monoisotopic (exact) mass is 176 g/mol. The van der Waals surface area contributed by atoms with Crippen molar-refractivity contribution in [3.8, 4) is 0 Å². The Kier molecular flexibility index (Phi) is 4.40. The van der Waals surface area contributed by atoms with Crippen molar-refractivity contribution < 1.29 is 13.2 Å². The van der Waals surface area contributed by atoms with E-state index in [0.717, 1.165) is 12.2 Å². The van der Waals surface area contributed by atoms with E-state index in [9.17, 15) is 13.2 Å². The van der Waals surface area contributed by atoms with Crippen molar-refractivity contribution in [3.63, 3.8) is 0 Å². The lowest BCUT2D eigenvalue weighted by Gasteiger charge is -2.05. The van der Waals surface area contributed by atoms with Gasteiger partial charge < -0.3 is 0 Å². The highest BCUT2D eigenvalue weighted by molar-refractivity contribution is 5.27. The molecule has 0 saturated carbocycles. The predicted molar refractivity (Wildman–Crippen MR) is 43.8 cm³/mol. The van der Waals surface area contributed by atoms with Crippen LogP contribution >= 0.6 is 0 Å². The topological polar surface area (TPSA) is 0 Å². The van der Waals surface area contributed by atoms with E-state index in [1.165, 1.54) is 12.2 Å². The molecule has 0 bridgehead atoms. The lowest BCUT2D eigenvalue weighted by atomic mass is 10.2. The van der Waals surface area contributed by atoms with Crippen LogP contribution in [0.4, 0.5) is 13.2 Å². The Labute approximate surface area is 70.1 Å². The maximum Gasteiger partial charge on any atom is 0.416 e. The summed E-state index contributed by atoms with van der Waals surface area (Å²) in [5.74, 6) is 0. The molecule has 0 aromatic heterocycles. The van der Waals surface area contributed by atoms with Gasteiger partial charge >= 0.3 is 6.18 Å². The average molecular weight is 176 g/mol. The molecule has 0 aromatic rings. The van der Waals surface area contributed by atoms with E-state index in [0.29, 0.717) is 0 Å². The quantitative estimate of drug-likeness (QED) is 0.563. The number of hydrogen-bond donors (Lipinski definition) is 0. The smallest absolute Gasteiger partial charge is 0.166 e. The summed E-state index contributed by atoms with van der Waals surface area (Å²) in [5, 5.41) is 0. The fourth-order valence-corrected chi connectivity index (χ4v) is 0.624. The summed E-state index contributed by atoms with van der Waals surface area (Å²) in [4.78, 5) is 0. The molecule has 3 heteroatoms. The molecule has 12 heavy (non-hydrogen) atoms. The molecule has 68 valence electrons. The van der Waals surface area contributed by atoms with Crippen LogP contribution in [0.2, 0.25) is 0 Å². The molecule has 0 heterocycles. The van der Waals surface area contributed by atoms with Crippen LogP contribution in [0.3, 0.4) is 0 Å². The Morgan fingerprint density at radius 3 is 2.00 bits per heavy atom. The summed E-state index contributed by atoms with van der Waals surface area (Å²) in [7, 11) is 0. The molecular formula is C9H11F3. The van der Waals surface area contributed by atoms with Gasteiger partial charge in [-0.15, -0.1) is 0 Å². The molecule has 0 saturated heterocycles. The zero-order valence-electron chi connectivity index (χ0n) is 7.02.